The van der Waals surface area contributed by atoms with Crippen LogP contribution in [0.15, 0.2) is 73.0 Å². The van der Waals surface area contributed by atoms with Crippen molar-refractivity contribution in [1.82, 2.24) is 0 Å². The number of rotatable bonds is 4. The maximum atomic E-state index is 6.31. The van der Waals surface area contributed by atoms with E-state index in [0.717, 1.165) is 33.7 Å². The summed E-state index contributed by atoms with van der Waals surface area (Å²) in [5.41, 5.74) is 7.26. The molecule has 2 aromatic carbocycles. The maximum absolute atomic E-state index is 6.31. The van der Waals surface area contributed by atoms with Gasteiger partial charge in [0.1, 0.15) is 0 Å². The first-order valence-corrected chi connectivity index (χ1v) is 7.06. The van der Waals surface area contributed by atoms with Crippen molar-refractivity contribution in [3.8, 4) is 0 Å². The molecule has 1 heteroatoms. The van der Waals surface area contributed by atoms with Crippen LogP contribution in [0.1, 0.15) is 24.5 Å². The van der Waals surface area contributed by atoms with Crippen LogP contribution in [0.4, 0.5) is 0 Å². The minimum Gasteiger partial charge on any atom is -0.116 e. The number of hydrogen-bond donors (Lipinski definition) is 0. The zero-order valence-corrected chi connectivity index (χ0v) is 12.3. The highest BCUT2D eigenvalue weighted by Gasteiger charge is 2.10. The molecule has 0 radical (unpaired) electrons. The summed E-state index contributed by atoms with van der Waals surface area (Å²) in [7, 11) is 0. The Bertz CT molecular complexity index is 659. The average molecular weight is 281 g/mol. The molecule has 0 spiro atoms. The summed E-state index contributed by atoms with van der Waals surface area (Å²) in [4.78, 5) is 0. The summed E-state index contributed by atoms with van der Waals surface area (Å²) in [5, 5.41) is 0.719. The normalized spacial score (nSPS) is 9.70. The van der Waals surface area contributed by atoms with E-state index < -0.39 is 0 Å². The lowest BCUT2D eigenvalue weighted by Crippen LogP contribution is -1.89. The van der Waals surface area contributed by atoms with E-state index in [2.05, 4.69) is 19.2 Å². The van der Waals surface area contributed by atoms with Gasteiger partial charge in [-0.3, -0.25) is 0 Å². The van der Waals surface area contributed by atoms with E-state index in [1.807, 2.05) is 60.7 Å². The molecular formula is C19H17Cl. The molecule has 0 amide bonds. The monoisotopic (exact) mass is 280 g/mol. The molecule has 20 heavy (non-hydrogen) atoms. The van der Waals surface area contributed by atoms with Crippen molar-refractivity contribution >= 4 is 22.7 Å². The van der Waals surface area contributed by atoms with Crippen LogP contribution in [0.5, 0.6) is 0 Å². The van der Waals surface area contributed by atoms with Crippen molar-refractivity contribution < 1.29 is 0 Å². The van der Waals surface area contributed by atoms with Gasteiger partial charge in [0.25, 0.3) is 0 Å². The predicted molar refractivity (Wildman–Crippen MR) is 88.7 cm³/mol. The Morgan fingerprint density at radius 3 is 2.40 bits per heavy atom. The highest BCUT2D eigenvalue weighted by Crippen LogP contribution is 2.32. The zero-order chi connectivity index (χ0) is 14.4. The molecule has 0 N–H and O–H groups in total. The lowest BCUT2D eigenvalue weighted by molar-refractivity contribution is 1.23. The molecule has 2 rings (SSSR count). The Balaban J connectivity index is 2.53. The Morgan fingerprint density at radius 2 is 1.75 bits per heavy atom. The minimum absolute atomic E-state index is 0.719. The van der Waals surface area contributed by atoms with Gasteiger partial charge in [-0.25, -0.2) is 0 Å². The van der Waals surface area contributed by atoms with Gasteiger partial charge in [0.15, 0.2) is 0 Å². The molecule has 0 unspecified atom stereocenters. The smallest absolute Gasteiger partial charge is 0.0490 e. The van der Waals surface area contributed by atoms with E-state index in [4.69, 9.17) is 11.6 Å². The van der Waals surface area contributed by atoms with Crippen LogP contribution in [0.3, 0.4) is 0 Å². The molecule has 0 fully saturated rings. The van der Waals surface area contributed by atoms with Crippen molar-refractivity contribution in [2.24, 2.45) is 0 Å². The van der Waals surface area contributed by atoms with Gasteiger partial charge in [-0.2, -0.15) is 0 Å². The first-order chi connectivity index (χ1) is 9.74. The number of allylic oxidation sites excluding steroid dienone is 2. The van der Waals surface area contributed by atoms with Crippen molar-refractivity contribution in [3.63, 3.8) is 0 Å². The van der Waals surface area contributed by atoms with Crippen molar-refractivity contribution in [2.75, 3.05) is 0 Å². The summed E-state index contributed by atoms with van der Waals surface area (Å²) < 4.78 is 0. The lowest BCUT2D eigenvalue weighted by atomic mass is 9.94. The van der Waals surface area contributed by atoms with Gasteiger partial charge in [-0.05, 0) is 29.7 Å². The molecule has 0 aliphatic heterocycles. The molecule has 0 saturated carbocycles. The molecule has 0 heterocycles. The van der Waals surface area contributed by atoms with Crippen molar-refractivity contribution in [2.45, 2.75) is 13.3 Å². The number of halogens is 1. The highest BCUT2D eigenvalue weighted by molar-refractivity contribution is 6.33. The summed E-state index contributed by atoms with van der Waals surface area (Å²) >= 11 is 6.31. The second kappa shape index (κ2) is 6.96. The fourth-order valence-corrected chi connectivity index (χ4v) is 2.21. The van der Waals surface area contributed by atoms with E-state index in [1.165, 1.54) is 0 Å². The number of benzene rings is 2. The molecule has 0 atom stereocenters. The van der Waals surface area contributed by atoms with E-state index in [-0.39, 0.29) is 0 Å². The third kappa shape index (κ3) is 3.30. The molecular weight excluding hydrogens is 264 g/mol. The largest absolute Gasteiger partial charge is 0.116 e. The molecule has 2 aromatic rings. The Kier molecular flexibility index (Phi) is 5.01. The molecule has 100 valence electrons. The standard InChI is InChI=1S/C19H17Cl/c1-3-4-12-17(18-13-8-9-14-19(18)20)15(2)16-10-6-5-7-11-16/h4-11,13-14H,2-3H2,1H3. The fraction of sp³-hybridized carbons (Fsp3) is 0.105. The van der Waals surface area contributed by atoms with Crippen LogP contribution < -0.4 is 0 Å². The minimum atomic E-state index is 0.719. The van der Waals surface area contributed by atoms with E-state index in [0.29, 0.717) is 0 Å². The average Bonchev–Trinajstić information content (AvgIpc) is 2.50. The first-order valence-electron chi connectivity index (χ1n) is 6.68. The van der Waals surface area contributed by atoms with E-state index in [1.54, 1.807) is 0 Å². The Hall–Kier alpha value is -2.01. The maximum Gasteiger partial charge on any atom is 0.0490 e. The van der Waals surface area contributed by atoms with Crippen molar-refractivity contribution in [3.05, 3.63) is 89.1 Å². The summed E-state index contributed by atoms with van der Waals surface area (Å²) in [6.07, 6.45) is 2.93. The quantitative estimate of drug-likeness (QED) is 0.476. The summed E-state index contributed by atoms with van der Waals surface area (Å²) in [5.74, 6) is 0. The molecule has 0 aliphatic carbocycles. The van der Waals surface area contributed by atoms with Gasteiger partial charge in [0, 0.05) is 16.2 Å². The van der Waals surface area contributed by atoms with Crippen LogP contribution >= 0.6 is 11.6 Å². The molecule has 0 aromatic heterocycles. The van der Waals surface area contributed by atoms with Crippen LogP contribution in [0, 0.1) is 0 Å². The van der Waals surface area contributed by atoms with Crippen LogP contribution in [0.25, 0.3) is 11.1 Å². The third-order valence-corrected chi connectivity index (χ3v) is 3.35. The van der Waals surface area contributed by atoms with Gasteiger partial charge < -0.3 is 0 Å². The molecule has 0 bridgehead atoms. The summed E-state index contributed by atoms with van der Waals surface area (Å²) in [6, 6.07) is 17.9. The molecule has 0 nitrogen and oxygen atoms in total. The van der Waals surface area contributed by atoms with Gasteiger partial charge in [0.05, 0.1) is 0 Å². The van der Waals surface area contributed by atoms with Crippen molar-refractivity contribution in [1.29, 1.82) is 0 Å². The van der Waals surface area contributed by atoms with Gasteiger partial charge in [-0.1, -0.05) is 73.6 Å². The number of hydrogen-bond acceptors (Lipinski definition) is 0. The zero-order valence-electron chi connectivity index (χ0n) is 11.6. The SMILES string of the molecule is C=C(C(=C=CCC)c1ccccc1Cl)c1ccccc1. The summed E-state index contributed by atoms with van der Waals surface area (Å²) in [6.45, 7) is 6.30. The third-order valence-electron chi connectivity index (χ3n) is 3.02. The molecule has 0 aliphatic rings. The van der Waals surface area contributed by atoms with E-state index >= 15 is 0 Å². The van der Waals surface area contributed by atoms with Gasteiger partial charge in [-0.15, -0.1) is 5.73 Å². The van der Waals surface area contributed by atoms with Gasteiger partial charge in [0.2, 0.25) is 0 Å². The van der Waals surface area contributed by atoms with E-state index in [9.17, 15) is 0 Å². The predicted octanol–water partition coefficient (Wildman–Crippen LogP) is 6.00. The lowest BCUT2D eigenvalue weighted by Gasteiger charge is -2.11. The fourth-order valence-electron chi connectivity index (χ4n) is 1.98. The topological polar surface area (TPSA) is 0 Å². The molecule has 0 saturated heterocycles. The highest BCUT2D eigenvalue weighted by atomic mass is 35.5. The van der Waals surface area contributed by atoms with Crippen LogP contribution in [-0.2, 0) is 0 Å². The second-order valence-corrected chi connectivity index (χ2v) is 4.86. The van der Waals surface area contributed by atoms with Gasteiger partial charge >= 0.3 is 0 Å². The van der Waals surface area contributed by atoms with Crippen LogP contribution in [-0.4, -0.2) is 0 Å². The Labute approximate surface area is 125 Å². The second-order valence-electron chi connectivity index (χ2n) is 4.46. The Morgan fingerprint density at radius 1 is 1.10 bits per heavy atom. The first kappa shape index (κ1) is 14.4. The van der Waals surface area contributed by atoms with Crippen LogP contribution in [0.2, 0.25) is 5.02 Å².